The molecule has 2 radical (unpaired) electrons. The standard InChI is InChI=1S/C25H51B/c1-6-10-12-14-16-18-21-24(5,9-4)23-25(26,20-8-3)22-19-17-15-13-11-7-2/h6-23H2,1-5H3. The molecule has 2 atom stereocenters. The Morgan fingerprint density at radius 3 is 1.46 bits per heavy atom. The number of rotatable bonds is 19. The summed E-state index contributed by atoms with van der Waals surface area (Å²) in [5, 5.41) is 0.0759. The predicted octanol–water partition coefficient (Wildman–Crippen LogP) is 9.42. The van der Waals surface area contributed by atoms with E-state index in [-0.39, 0.29) is 5.31 Å². The summed E-state index contributed by atoms with van der Waals surface area (Å²) < 4.78 is 0. The van der Waals surface area contributed by atoms with Gasteiger partial charge in [0, 0.05) is 0 Å². The van der Waals surface area contributed by atoms with Gasteiger partial charge in [0.15, 0.2) is 0 Å². The molecule has 0 bridgehead atoms. The van der Waals surface area contributed by atoms with E-state index < -0.39 is 0 Å². The van der Waals surface area contributed by atoms with Crippen LogP contribution in [0.3, 0.4) is 0 Å². The smallest absolute Gasteiger partial charge is 0.0656 e. The lowest BCUT2D eigenvalue weighted by Crippen LogP contribution is -2.25. The van der Waals surface area contributed by atoms with E-state index in [2.05, 4.69) is 34.6 Å². The molecular formula is C25H51B. The Labute approximate surface area is 169 Å². The van der Waals surface area contributed by atoms with Crippen LogP contribution >= 0.6 is 0 Å². The van der Waals surface area contributed by atoms with Gasteiger partial charge in [-0.1, -0.05) is 149 Å². The largest absolute Gasteiger partial charge is 0.0746 e. The molecule has 0 aromatic rings. The van der Waals surface area contributed by atoms with Crippen molar-refractivity contribution in [2.24, 2.45) is 5.41 Å². The van der Waals surface area contributed by atoms with Crippen LogP contribution in [0.25, 0.3) is 0 Å². The molecule has 0 N–H and O–H groups in total. The number of hydrogen-bond donors (Lipinski definition) is 0. The molecule has 0 nitrogen and oxygen atoms in total. The van der Waals surface area contributed by atoms with E-state index >= 15 is 0 Å². The zero-order valence-electron chi connectivity index (χ0n) is 19.3. The van der Waals surface area contributed by atoms with Gasteiger partial charge in [-0.2, -0.15) is 0 Å². The second-order valence-corrected chi connectivity index (χ2v) is 9.49. The van der Waals surface area contributed by atoms with Gasteiger partial charge >= 0.3 is 0 Å². The molecule has 0 aromatic heterocycles. The van der Waals surface area contributed by atoms with E-state index in [1.54, 1.807) is 0 Å². The van der Waals surface area contributed by atoms with Crippen molar-refractivity contribution >= 4 is 7.85 Å². The SMILES string of the molecule is [B]C(CCC)(CCCCCCCC)CC(C)(CC)CCCCCCCC. The Kier molecular flexibility index (Phi) is 16.1. The summed E-state index contributed by atoms with van der Waals surface area (Å²) in [5.41, 5.74) is 0.441. The van der Waals surface area contributed by atoms with Crippen LogP contribution in [0.2, 0.25) is 5.31 Å². The Morgan fingerprint density at radius 2 is 1.00 bits per heavy atom. The Balaban J connectivity index is 4.35. The Hall–Kier alpha value is 0.0649. The third kappa shape index (κ3) is 13.3. The maximum absolute atomic E-state index is 6.98. The van der Waals surface area contributed by atoms with Crippen LogP contribution in [0.4, 0.5) is 0 Å². The van der Waals surface area contributed by atoms with Crippen LogP contribution in [-0.4, -0.2) is 7.85 Å². The van der Waals surface area contributed by atoms with Crippen molar-refractivity contribution in [2.75, 3.05) is 0 Å². The summed E-state index contributed by atoms with van der Waals surface area (Å²) >= 11 is 0. The highest BCUT2D eigenvalue weighted by Crippen LogP contribution is 2.48. The minimum absolute atomic E-state index is 0.0759. The molecule has 154 valence electrons. The monoisotopic (exact) mass is 362 g/mol. The van der Waals surface area contributed by atoms with E-state index in [9.17, 15) is 0 Å². The van der Waals surface area contributed by atoms with Gasteiger partial charge in [0.25, 0.3) is 0 Å². The molecule has 0 fully saturated rings. The lowest BCUT2D eigenvalue weighted by atomic mass is 9.55. The fourth-order valence-electron chi connectivity index (χ4n) is 4.63. The van der Waals surface area contributed by atoms with Gasteiger partial charge < -0.3 is 0 Å². The topological polar surface area (TPSA) is 0 Å². The van der Waals surface area contributed by atoms with Gasteiger partial charge in [0.1, 0.15) is 0 Å². The normalized spacial score (nSPS) is 16.3. The molecule has 0 aromatic carbocycles. The van der Waals surface area contributed by atoms with Crippen LogP contribution in [0.15, 0.2) is 0 Å². The summed E-state index contributed by atoms with van der Waals surface area (Å²) in [5.74, 6) is 0. The molecule has 0 saturated heterocycles. The van der Waals surface area contributed by atoms with Crippen molar-refractivity contribution in [3.63, 3.8) is 0 Å². The lowest BCUT2D eigenvalue weighted by Gasteiger charge is -2.40. The highest BCUT2D eigenvalue weighted by Gasteiger charge is 2.32. The highest BCUT2D eigenvalue weighted by molar-refractivity contribution is 6.15. The number of unbranched alkanes of at least 4 members (excludes halogenated alkanes) is 10. The van der Waals surface area contributed by atoms with Gasteiger partial charge in [0.2, 0.25) is 0 Å². The first kappa shape index (κ1) is 26.1. The minimum atomic E-state index is 0.0759. The molecule has 1 heteroatoms. The predicted molar refractivity (Wildman–Crippen MR) is 122 cm³/mol. The van der Waals surface area contributed by atoms with Crippen LogP contribution < -0.4 is 0 Å². The molecular weight excluding hydrogens is 311 g/mol. The van der Waals surface area contributed by atoms with Crippen molar-refractivity contribution in [1.82, 2.24) is 0 Å². The first-order valence-electron chi connectivity index (χ1n) is 12.2. The van der Waals surface area contributed by atoms with Gasteiger partial charge in [-0.05, 0) is 11.8 Å². The summed E-state index contributed by atoms with van der Waals surface area (Å²) in [7, 11) is 6.98. The van der Waals surface area contributed by atoms with Crippen molar-refractivity contribution < 1.29 is 0 Å². The van der Waals surface area contributed by atoms with E-state index in [0.717, 1.165) is 0 Å². The Bertz CT molecular complexity index is 301. The molecule has 0 spiro atoms. The van der Waals surface area contributed by atoms with Crippen LogP contribution in [0, 0.1) is 5.41 Å². The van der Waals surface area contributed by atoms with Crippen LogP contribution in [0.5, 0.6) is 0 Å². The first-order chi connectivity index (χ1) is 12.4. The van der Waals surface area contributed by atoms with E-state index in [0.29, 0.717) is 5.41 Å². The summed E-state index contributed by atoms with van der Waals surface area (Å²) in [6, 6.07) is 0. The van der Waals surface area contributed by atoms with Crippen LogP contribution in [-0.2, 0) is 0 Å². The zero-order valence-corrected chi connectivity index (χ0v) is 19.3. The average Bonchev–Trinajstić information content (AvgIpc) is 2.61. The second kappa shape index (κ2) is 16.1. The third-order valence-electron chi connectivity index (χ3n) is 6.54. The van der Waals surface area contributed by atoms with Crippen molar-refractivity contribution in [2.45, 2.75) is 156 Å². The fraction of sp³-hybridized carbons (Fsp3) is 1.00. The maximum atomic E-state index is 6.98. The molecule has 0 amide bonds. The first-order valence-corrected chi connectivity index (χ1v) is 12.2. The van der Waals surface area contributed by atoms with Crippen molar-refractivity contribution in [3.8, 4) is 0 Å². The summed E-state index contributed by atoms with van der Waals surface area (Å²) in [6.07, 6.45) is 24.2. The molecule has 2 unspecified atom stereocenters. The Morgan fingerprint density at radius 1 is 0.538 bits per heavy atom. The van der Waals surface area contributed by atoms with Crippen molar-refractivity contribution in [1.29, 1.82) is 0 Å². The van der Waals surface area contributed by atoms with Gasteiger partial charge in [-0.3, -0.25) is 0 Å². The molecule has 26 heavy (non-hydrogen) atoms. The van der Waals surface area contributed by atoms with Crippen LogP contribution in [0.1, 0.15) is 150 Å². The van der Waals surface area contributed by atoms with Gasteiger partial charge in [-0.15, -0.1) is 0 Å². The van der Waals surface area contributed by atoms with Crippen molar-refractivity contribution in [3.05, 3.63) is 0 Å². The van der Waals surface area contributed by atoms with E-state index in [4.69, 9.17) is 7.85 Å². The zero-order chi connectivity index (χ0) is 19.7. The molecule has 0 saturated carbocycles. The average molecular weight is 362 g/mol. The third-order valence-corrected chi connectivity index (χ3v) is 6.54. The minimum Gasteiger partial charge on any atom is -0.0656 e. The molecule has 0 rings (SSSR count). The van der Waals surface area contributed by atoms with E-state index in [1.807, 2.05) is 0 Å². The molecule has 0 aliphatic heterocycles. The highest BCUT2D eigenvalue weighted by atomic mass is 14.3. The fourth-order valence-corrected chi connectivity index (χ4v) is 4.63. The summed E-state index contributed by atoms with van der Waals surface area (Å²) in [4.78, 5) is 0. The second-order valence-electron chi connectivity index (χ2n) is 9.49. The van der Waals surface area contributed by atoms with Gasteiger partial charge in [0.05, 0.1) is 7.85 Å². The quantitative estimate of drug-likeness (QED) is 0.158. The molecule has 0 aliphatic carbocycles. The number of hydrogen-bond acceptors (Lipinski definition) is 0. The van der Waals surface area contributed by atoms with E-state index in [1.165, 1.54) is 116 Å². The van der Waals surface area contributed by atoms with Gasteiger partial charge in [-0.25, -0.2) is 0 Å². The molecule has 0 aliphatic rings. The maximum Gasteiger partial charge on any atom is 0.0746 e. The summed E-state index contributed by atoms with van der Waals surface area (Å²) in [6.45, 7) is 11.8. The lowest BCUT2D eigenvalue weighted by molar-refractivity contribution is 0.199. The molecule has 0 heterocycles.